The first kappa shape index (κ1) is 51.9. The summed E-state index contributed by atoms with van der Waals surface area (Å²) in [4.78, 5) is 141. The number of unbranched alkanes of at least 4 members (excludes halogenated alkanes) is 3. The van der Waals surface area contributed by atoms with Crippen molar-refractivity contribution >= 4 is 70.8 Å². The second-order valence-corrected chi connectivity index (χ2v) is 11.4. The van der Waals surface area contributed by atoms with E-state index in [9.17, 15) is 24.0 Å². The molecular formula is C35H43N9O13. The molecule has 0 saturated carbocycles. The molecule has 1 aromatic carbocycles. The smallest absolute Gasteiger partial charge is 0.373 e. The molecule has 0 spiro atoms. The molecule has 0 fully saturated rings. The number of ketones is 2. The van der Waals surface area contributed by atoms with Gasteiger partial charge in [0.25, 0.3) is 11.5 Å². The minimum absolute atomic E-state index is 0.0180. The van der Waals surface area contributed by atoms with Gasteiger partial charge in [0.2, 0.25) is 11.9 Å². The van der Waals surface area contributed by atoms with E-state index < -0.39 is 17.5 Å². The fourth-order valence-corrected chi connectivity index (χ4v) is 4.56. The molecule has 2 heterocycles. The van der Waals surface area contributed by atoms with Gasteiger partial charge in [-0.3, -0.25) is 29.0 Å². The van der Waals surface area contributed by atoms with E-state index in [-0.39, 0.29) is 77.9 Å². The maximum absolute atomic E-state index is 12.5. The lowest BCUT2D eigenvalue weighted by Gasteiger charge is -2.16. The standard InChI is InChI=1S/C31H43N9O5.4CO2/c1-19(28(43)37-20(2)25(42)9-5-3-4-6-14-32)16-24(41)8-7-15-34-29(44)21-10-12-22(13-11-21)35-17-23-18-36-27-26(38-23)30(45)40-31(33)39-27;4*2-1-3/h10-13,18-20,35H,3-9,14-17,32H2,1-2H3,(H,34,44)(H,37,43)(H3,33,36,39,40,45);;;;/t19-,20+;;;;/m1..../s1. The molecule has 306 valence electrons. The molecule has 57 heavy (non-hydrogen) atoms. The number of hydrogen-bond donors (Lipinski definition) is 6. The molecular weight excluding hydrogens is 754 g/mol. The van der Waals surface area contributed by atoms with Gasteiger partial charge in [0.05, 0.1) is 24.5 Å². The summed E-state index contributed by atoms with van der Waals surface area (Å²) >= 11 is 0. The maximum atomic E-state index is 12.5. The number of aromatic nitrogens is 4. The van der Waals surface area contributed by atoms with Gasteiger partial charge in [-0.05, 0) is 57.0 Å². The predicted octanol–water partition coefficient (Wildman–Crippen LogP) is -0.338. The van der Waals surface area contributed by atoms with E-state index in [0.29, 0.717) is 43.7 Å². The fraction of sp³-hybridized carbons (Fsp3) is 0.429. The molecule has 0 bridgehead atoms. The highest BCUT2D eigenvalue weighted by molar-refractivity contribution is 5.94. The second-order valence-electron chi connectivity index (χ2n) is 11.4. The Morgan fingerprint density at radius 1 is 0.807 bits per heavy atom. The van der Waals surface area contributed by atoms with E-state index in [2.05, 4.69) is 35.9 Å². The number of anilines is 2. The topological polar surface area (TPSA) is 364 Å². The molecule has 0 aliphatic heterocycles. The van der Waals surface area contributed by atoms with Crippen LogP contribution in [-0.4, -0.2) is 87.1 Å². The van der Waals surface area contributed by atoms with E-state index in [1.54, 1.807) is 38.1 Å². The SMILES string of the molecule is C[C@H](CC(=O)CCCNC(=O)c1ccc(NCc2cnc3nc(N)[nH]c(=O)c3n2)cc1)C(=O)N[C@@H](C)C(=O)CCCCCCN.O=C=O.O=C=O.O=C=O.O=C=O. The number of nitrogens with two attached hydrogens (primary N) is 2. The summed E-state index contributed by atoms with van der Waals surface area (Å²) in [6, 6.07) is 6.23. The van der Waals surface area contributed by atoms with E-state index in [4.69, 9.17) is 49.8 Å². The molecule has 0 aliphatic carbocycles. The van der Waals surface area contributed by atoms with E-state index in [1.165, 1.54) is 6.20 Å². The van der Waals surface area contributed by atoms with Gasteiger partial charge in [0.15, 0.2) is 16.9 Å². The number of carbonyl (C=O) groups excluding carboxylic acids is 12. The number of benzene rings is 1. The van der Waals surface area contributed by atoms with Gasteiger partial charge in [-0.2, -0.15) is 43.3 Å². The highest BCUT2D eigenvalue weighted by Gasteiger charge is 2.21. The van der Waals surface area contributed by atoms with Gasteiger partial charge in [-0.1, -0.05) is 19.8 Å². The number of aromatic amines is 1. The van der Waals surface area contributed by atoms with Crippen molar-refractivity contribution in [1.29, 1.82) is 0 Å². The average Bonchev–Trinajstić information content (AvgIpc) is 3.17. The van der Waals surface area contributed by atoms with Crippen molar-refractivity contribution in [2.24, 2.45) is 11.7 Å². The number of nitrogen functional groups attached to an aromatic ring is 1. The average molecular weight is 798 g/mol. The number of amides is 2. The van der Waals surface area contributed by atoms with Crippen LogP contribution in [-0.2, 0) is 59.3 Å². The number of rotatable bonds is 19. The van der Waals surface area contributed by atoms with Crippen LogP contribution < -0.4 is 33.0 Å². The Morgan fingerprint density at radius 3 is 1.96 bits per heavy atom. The number of carbonyl (C=O) groups is 4. The van der Waals surface area contributed by atoms with E-state index in [0.717, 1.165) is 31.4 Å². The maximum Gasteiger partial charge on any atom is 0.373 e. The molecule has 0 aliphatic rings. The van der Waals surface area contributed by atoms with Crippen LogP contribution in [0.3, 0.4) is 0 Å². The first-order valence-electron chi connectivity index (χ1n) is 16.9. The van der Waals surface area contributed by atoms with Crippen molar-refractivity contribution in [3.63, 3.8) is 0 Å². The molecule has 0 unspecified atom stereocenters. The van der Waals surface area contributed by atoms with Crippen LogP contribution in [0.1, 0.15) is 81.3 Å². The van der Waals surface area contributed by atoms with Crippen molar-refractivity contribution in [3.8, 4) is 0 Å². The van der Waals surface area contributed by atoms with Crippen molar-refractivity contribution in [2.45, 2.75) is 77.8 Å². The van der Waals surface area contributed by atoms with Crippen molar-refractivity contribution in [3.05, 3.63) is 52.1 Å². The zero-order valence-corrected chi connectivity index (χ0v) is 31.1. The number of nitrogens with one attached hydrogen (secondary N) is 4. The first-order chi connectivity index (χ1) is 27.2. The van der Waals surface area contributed by atoms with Gasteiger partial charge in [0, 0.05) is 43.0 Å². The molecule has 22 heteroatoms. The van der Waals surface area contributed by atoms with Gasteiger partial charge < -0.3 is 27.4 Å². The van der Waals surface area contributed by atoms with Crippen LogP contribution in [0.25, 0.3) is 11.2 Å². The highest BCUT2D eigenvalue weighted by atomic mass is 16.2. The Hall–Kier alpha value is -7.20. The minimum atomic E-state index is -0.589. The predicted molar refractivity (Wildman–Crippen MR) is 191 cm³/mol. The number of fused-ring (bicyclic) bond motifs is 1. The van der Waals surface area contributed by atoms with Gasteiger partial charge in [0.1, 0.15) is 5.78 Å². The van der Waals surface area contributed by atoms with Crippen LogP contribution in [0.15, 0.2) is 35.3 Å². The number of nitrogens with zero attached hydrogens (tertiary/aromatic N) is 3. The van der Waals surface area contributed by atoms with E-state index >= 15 is 0 Å². The number of hydrogen-bond acceptors (Lipinski definition) is 19. The Bertz CT molecular complexity index is 1860. The summed E-state index contributed by atoms with van der Waals surface area (Å²) in [5, 5.41) is 8.68. The van der Waals surface area contributed by atoms with E-state index in [1.807, 2.05) is 0 Å². The lowest BCUT2D eigenvalue weighted by atomic mass is 10.00. The zero-order valence-electron chi connectivity index (χ0n) is 31.1. The van der Waals surface area contributed by atoms with Crippen molar-refractivity contribution in [2.75, 3.05) is 24.1 Å². The monoisotopic (exact) mass is 797 g/mol. The lowest BCUT2D eigenvalue weighted by molar-refractivity contribution is -0.193. The Morgan fingerprint density at radius 2 is 1.39 bits per heavy atom. The molecule has 2 aromatic heterocycles. The largest absolute Gasteiger partial charge is 0.379 e. The van der Waals surface area contributed by atoms with Gasteiger partial charge in [-0.15, -0.1) is 0 Å². The quantitative estimate of drug-likeness (QED) is 0.0845. The Labute approximate surface area is 324 Å². The molecule has 2 atom stereocenters. The third-order valence-corrected chi connectivity index (χ3v) is 7.23. The highest BCUT2D eigenvalue weighted by Crippen LogP contribution is 2.13. The summed E-state index contributed by atoms with van der Waals surface area (Å²) < 4.78 is 0. The van der Waals surface area contributed by atoms with Crippen LogP contribution in [0.4, 0.5) is 11.6 Å². The Balaban J connectivity index is 0. The van der Waals surface area contributed by atoms with Crippen molar-refractivity contribution in [1.82, 2.24) is 30.6 Å². The molecule has 3 rings (SSSR count). The minimum Gasteiger partial charge on any atom is -0.379 e. The molecule has 0 saturated heterocycles. The molecule has 0 radical (unpaired) electrons. The first-order valence-corrected chi connectivity index (χ1v) is 16.9. The third-order valence-electron chi connectivity index (χ3n) is 7.23. The van der Waals surface area contributed by atoms with Crippen molar-refractivity contribution < 1.29 is 57.5 Å². The number of H-pyrrole nitrogens is 1. The van der Waals surface area contributed by atoms with Crippen LogP contribution in [0, 0.1) is 5.92 Å². The summed E-state index contributed by atoms with van der Waals surface area (Å²) in [7, 11) is 0. The van der Waals surface area contributed by atoms with Crippen LogP contribution in [0.2, 0.25) is 0 Å². The zero-order chi connectivity index (χ0) is 43.6. The molecule has 3 aromatic rings. The second kappa shape index (κ2) is 32.2. The summed E-state index contributed by atoms with van der Waals surface area (Å²) in [5.74, 6) is -1.27. The van der Waals surface area contributed by atoms with Gasteiger partial charge in [-0.25, -0.2) is 9.97 Å². The lowest BCUT2D eigenvalue weighted by Crippen LogP contribution is -2.41. The third kappa shape index (κ3) is 24.0. The molecule has 2 amide bonds. The fourth-order valence-electron chi connectivity index (χ4n) is 4.56. The summed E-state index contributed by atoms with van der Waals surface area (Å²) in [6.07, 6.45) is 7.29. The Kier molecular flexibility index (Phi) is 29.4. The van der Waals surface area contributed by atoms with Gasteiger partial charge >= 0.3 is 24.6 Å². The van der Waals surface area contributed by atoms with Crippen LogP contribution >= 0.6 is 0 Å². The molecule has 22 nitrogen and oxygen atoms in total. The summed E-state index contributed by atoms with van der Waals surface area (Å²) in [6.45, 7) is 4.58. The van der Waals surface area contributed by atoms with Crippen LogP contribution in [0.5, 0.6) is 0 Å². The summed E-state index contributed by atoms with van der Waals surface area (Å²) in [5.41, 5.74) is 12.5. The molecule has 8 N–H and O–H groups in total. The number of Topliss-reactive ketones (excluding diaryl/α,β-unsaturated/α-hetero) is 2. The normalized spacial score (nSPS) is 10.3.